The number of nitrogens with one attached hydrogen (secondary N) is 1. The maximum Gasteiger partial charge on any atom is 0.330 e. The summed E-state index contributed by atoms with van der Waals surface area (Å²) in [5.41, 5.74) is 2.43. The van der Waals surface area contributed by atoms with E-state index in [0.29, 0.717) is 6.42 Å². The maximum atomic E-state index is 12.6. The third-order valence-corrected chi connectivity index (χ3v) is 3.42. The zero-order chi connectivity index (χ0) is 14.3. The Balaban J connectivity index is 2.25. The van der Waals surface area contributed by atoms with Gasteiger partial charge in [0.05, 0.1) is 6.61 Å². The molecule has 3 N–H and O–H groups in total. The van der Waals surface area contributed by atoms with Crippen LogP contribution >= 0.6 is 11.3 Å². The molecule has 1 atom stereocenters. The Kier molecular flexibility index (Phi) is 6.70. The van der Waals surface area contributed by atoms with E-state index in [1.165, 1.54) is 0 Å². The van der Waals surface area contributed by atoms with Crippen LogP contribution in [0.2, 0.25) is 0 Å². The predicted molar refractivity (Wildman–Crippen MR) is 65.5 cm³/mol. The summed E-state index contributed by atoms with van der Waals surface area (Å²) in [7, 11) is 0. The fourth-order valence-electron chi connectivity index (χ4n) is 1.39. The van der Waals surface area contributed by atoms with E-state index in [0.717, 1.165) is 11.3 Å². The molecule has 0 fully saturated rings. The van der Waals surface area contributed by atoms with Gasteiger partial charge in [0.2, 0.25) is 0 Å². The van der Waals surface area contributed by atoms with Crippen molar-refractivity contribution in [2.24, 2.45) is 5.84 Å². The first-order chi connectivity index (χ1) is 8.95. The highest BCUT2D eigenvalue weighted by Gasteiger charge is 2.41. The molecular weight excluding hydrogens is 284 g/mol. The van der Waals surface area contributed by atoms with E-state index in [2.05, 4.69) is 10.2 Å². The monoisotopic (exact) mass is 300 g/mol. The van der Waals surface area contributed by atoms with Crippen molar-refractivity contribution in [1.82, 2.24) is 5.43 Å². The molecule has 0 aliphatic rings. The number of halogens is 4. The number of hydrogen-bond donors (Lipinski definition) is 2. The van der Waals surface area contributed by atoms with Crippen LogP contribution in [-0.2, 0) is 11.2 Å². The Morgan fingerprint density at radius 1 is 1.42 bits per heavy atom. The van der Waals surface area contributed by atoms with Gasteiger partial charge in [-0.3, -0.25) is 11.3 Å². The lowest BCUT2D eigenvalue weighted by Gasteiger charge is -2.19. The van der Waals surface area contributed by atoms with Crippen molar-refractivity contribution in [3.05, 3.63) is 22.4 Å². The standard InChI is InChI=1S/C11H16F4N2OS/c12-10(13)11(14,15)7-18-6-8(17-16)3-4-9-2-1-5-19-9/h1-2,5,8,10,17H,3-4,6-7,16H2. The summed E-state index contributed by atoms with van der Waals surface area (Å²) in [5.74, 6) is 1.14. The van der Waals surface area contributed by atoms with Crippen molar-refractivity contribution in [3.8, 4) is 0 Å². The van der Waals surface area contributed by atoms with Crippen LogP contribution in [0.1, 0.15) is 11.3 Å². The molecule has 3 nitrogen and oxygen atoms in total. The smallest absolute Gasteiger partial charge is 0.330 e. The molecule has 1 aromatic heterocycles. The second kappa shape index (κ2) is 7.78. The summed E-state index contributed by atoms with van der Waals surface area (Å²) in [5, 5.41) is 1.93. The third-order valence-electron chi connectivity index (χ3n) is 2.49. The van der Waals surface area contributed by atoms with Crippen LogP contribution in [0.3, 0.4) is 0 Å². The summed E-state index contributed by atoms with van der Waals surface area (Å²) in [6.07, 6.45) is -2.42. The van der Waals surface area contributed by atoms with Gasteiger partial charge in [-0.05, 0) is 24.3 Å². The van der Waals surface area contributed by atoms with Crippen LogP contribution in [0.25, 0.3) is 0 Å². The Morgan fingerprint density at radius 2 is 2.16 bits per heavy atom. The SMILES string of the molecule is NNC(CCc1cccs1)COCC(F)(F)C(F)F. The lowest BCUT2D eigenvalue weighted by Crippen LogP contribution is -2.41. The topological polar surface area (TPSA) is 47.3 Å². The molecule has 1 unspecified atom stereocenters. The van der Waals surface area contributed by atoms with E-state index in [9.17, 15) is 17.6 Å². The largest absolute Gasteiger partial charge is 0.373 e. The number of nitrogens with two attached hydrogens (primary N) is 1. The highest BCUT2D eigenvalue weighted by molar-refractivity contribution is 7.09. The number of hydrogen-bond acceptors (Lipinski definition) is 4. The van der Waals surface area contributed by atoms with Gasteiger partial charge in [-0.2, -0.15) is 8.78 Å². The summed E-state index contributed by atoms with van der Waals surface area (Å²) in [6.45, 7) is -1.44. The summed E-state index contributed by atoms with van der Waals surface area (Å²) in [4.78, 5) is 1.14. The average molecular weight is 300 g/mol. The molecule has 0 aromatic carbocycles. The Hall–Kier alpha value is -0.700. The minimum atomic E-state index is -4.12. The van der Waals surface area contributed by atoms with Crippen LogP contribution in [0.5, 0.6) is 0 Å². The Morgan fingerprint density at radius 3 is 2.68 bits per heavy atom. The van der Waals surface area contributed by atoms with Gasteiger partial charge < -0.3 is 4.74 Å². The van der Waals surface area contributed by atoms with Gasteiger partial charge in [-0.1, -0.05) is 6.07 Å². The molecule has 0 saturated carbocycles. The number of alkyl halides is 4. The van der Waals surface area contributed by atoms with Crippen LogP contribution in [-0.4, -0.2) is 31.6 Å². The second-order valence-corrected chi connectivity index (χ2v) is 5.09. The number of aryl methyl sites for hydroxylation is 1. The molecule has 0 aliphatic heterocycles. The van der Waals surface area contributed by atoms with Crippen LogP contribution in [0.15, 0.2) is 17.5 Å². The summed E-state index contributed by atoms with van der Waals surface area (Å²) < 4.78 is 53.6. The van der Waals surface area contributed by atoms with E-state index in [-0.39, 0.29) is 12.6 Å². The van der Waals surface area contributed by atoms with Gasteiger partial charge in [-0.25, -0.2) is 8.78 Å². The van der Waals surface area contributed by atoms with Gasteiger partial charge >= 0.3 is 12.3 Å². The van der Waals surface area contributed by atoms with Crippen molar-refractivity contribution in [2.75, 3.05) is 13.2 Å². The molecule has 1 aromatic rings. The molecule has 1 heterocycles. The highest BCUT2D eigenvalue weighted by Crippen LogP contribution is 2.23. The molecule has 0 radical (unpaired) electrons. The summed E-state index contributed by atoms with van der Waals surface area (Å²) in [6, 6.07) is 3.50. The molecule has 8 heteroatoms. The molecule has 0 spiro atoms. The average Bonchev–Trinajstić information content (AvgIpc) is 2.86. The van der Waals surface area contributed by atoms with Crippen molar-refractivity contribution in [1.29, 1.82) is 0 Å². The minimum Gasteiger partial charge on any atom is -0.373 e. The lowest BCUT2D eigenvalue weighted by molar-refractivity contribution is -0.167. The third kappa shape index (κ3) is 5.85. The number of ether oxygens (including phenoxy) is 1. The van der Waals surface area contributed by atoms with Crippen LogP contribution in [0, 0.1) is 0 Å². The second-order valence-electron chi connectivity index (χ2n) is 4.06. The lowest BCUT2D eigenvalue weighted by atomic mass is 10.1. The normalized spacial score (nSPS) is 14.0. The van der Waals surface area contributed by atoms with Crippen molar-refractivity contribution >= 4 is 11.3 Å². The quantitative estimate of drug-likeness (QED) is 0.418. The minimum absolute atomic E-state index is 0.135. The molecule has 0 aliphatic carbocycles. The molecule has 19 heavy (non-hydrogen) atoms. The maximum absolute atomic E-state index is 12.6. The number of thiophene rings is 1. The Bertz CT molecular complexity index is 348. The summed E-state index contributed by atoms with van der Waals surface area (Å²) >= 11 is 1.58. The molecular formula is C11H16F4N2OS. The van der Waals surface area contributed by atoms with Crippen molar-refractivity contribution < 1.29 is 22.3 Å². The van der Waals surface area contributed by atoms with Crippen LogP contribution < -0.4 is 11.3 Å². The fraction of sp³-hybridized carbons (Fsp3) is 0.636. The van der Waals surface area contributed by atoms with Gasteiger partial charge in [0.1, 0.15) is 6.61 Å². The van der Waals surface area contributed by atoms with Gasteiger partial charge in [0, 0.05) is 10.9 Å². The first kappa shape index (κ1) is 16.4. The van der Waals surface area contributed by atoms with Crippen molar-refractivity contribution in [2.45, 2.75) is 31.2 Å². The Labute approximate surface area is 112 Å². The van der Waals surface area contributed by atoms with Gasteiger partial charge in [0.15, 0.2) is 0 Å². The van der Waals surface area contributed by atoms with Gasteiger partial charge in [-0.15, -0.1) is 11.3 Å². The molecule has 0 bridgehead atoms. The predicted octanol–water partition coefficient (Wildman–Crippen LogP) is 2.43. The van der Waals surface area contributed by atoms with E-state index in [4.69, 9.17) is 5.84 Å². The van der Waals surface area contributed by atoms with E-state index in [1.54, 1.807) is 11.3 Å². The zero-order valence-corrected chi connectivity index (χ0v) is 10.9. The highest BCUT2D eigenvalue weighted by atomic mass is 32.1. The van der Waals surface area contributed by atoms with Crippen LogP contribution in [0.4, 0.5) is 17.6 Å². The number of rotatable bonds is 9. The number of hydrazine groups is 1. The van der Waals surface area contributed by atoms with Gasteiger partial charge in [0.25, 0.3) is 0 Å². The molecule has 110 valence electrons. The first-order valence-corrected chi connectivity index (χ1v) is 6.56. The van der Waals surface area contributed by atoms with Crippen molar-refractivity contribution in [3.63, 3.8) is 0 Å². The molecule has 1 rings (SSSR count). The fourth-order valence-corrected chi connectivity index (χ4v) is 2.11. The zero-order valence-electron chi connectivity index (χ0n) is 10.1. The van der Waals surface area contributed by atoms with E-state index >= 15 is 0 Å². The van der Waals surface area contributed by atoms with E-state index < -0.39 is 19.0 Å². The molecule has 0 amide bonds. The first-order valence-electron chi connectivity index (χ1n) is 5.68. The van der Waals surface area contributed by atoms with E-state index in [1.807, 2.05) is 17.5 Å². The molecule has 0 saturated heterocycles.